The molecule has 5 nitrogen and oxygen atoms in total. The number of aromatic nitrogens is 1. The number of aliphatic hydroxyl groups is 1. The molecule has 1 aliphatic heterocycles. The van der Waals surface area contributed by atoms with E-state index in [0.717, 1.165) is 0 Å². The molecule has 0 saturated carbocycles. The molecule has 2 N–H and O–H groups in total. The highest BCUT2D eigenvalue weighted by atomic mass is 35.5. The van der Waals surface area contributed by atoms with E-state index in [0.29, 0.717) is 35.1 Å². The maximum atomic E-state index is 10.6. The van der Waals surface area contributed by atoms with Crippen molar-refractivity contribution in [1.82, 2.24) is 4.98 Å². The average molecular weight is 302 g/mol. The summed E-state index contributed by atoms with van der Waals surface area (Å²) in [5, 5.41) is 29.2. The number of anilines is 1. The number of benzene rings is 1. The fraction of sp³-hybridized carbons (Fsp3) is 0.200. The van der Waals surface area contributed by atoms with Crippen LogP contribution in [0, 0.1) is 11.3 Å². The van der Waals surface area contributed by atoms with Gasteiger partial charge in [-0.25, -0.2) is 4.98 Å². The van der Waals surface area contributed by atoms with E-state index in [4.69, 9.17) is 16.9 Å². The second-order valence-electron chi connectivity index (χ2n) is 5.07. The fourth-order valence-corrected chi connectivity index (χ4v) is 2.81. The number of β-amino-alcohol motifs (C(OH)–C–C–N with tert-alkyl or cyclic N) is 1. The number of rotatable bonds is 2. The Kier molecular flexibility index (Phi) is 3.20. The number of aromatic hydroxyl groups is 1. The molecule has 1 saturated heterocycles. The van der Waals surface area contributed by atoms with Crippen molar-refractivity contribution >= 4 is 17.4 Å². The number of pyridine rings is 1. The maximum Gasteiger partial charge on any atom is 0.130 e. The molecular formula is C15H12ClN3O2. The molecule has 0 unspecified atom stereocenters. The summed E-state index contributed by atoms with van der Waals surface area (Å²) < 4.78 is 0. The summed E-state index contributed by atoms with van der Waals surface area (Å²) >= 11 is 6.07. The Morgan fingerprint density at radius 1 is 1.29 bits per heavy atom. The van der Waals surface area contributed by atoms with Crippen LogP contribution in [0.25, 0.3) is 0 Å². The molecule has 106 valence electrons. The minimum atomic E-state index is -1.07. The van der Waals surface area contributed by atoms with Crippen LogP contribution < -0.4 is 4.90 Å². The lowest BCUT2D eigenvalue weighted by molar-refractivity contribution is 0.00713. The Morgan fingerprint density at radius 2 is 2.05 bits per heavy atom. The molecule has 2 heterocycles. The first-order valence-electron chi connectivity index (χ1n) is 6.34. The molecule has 0 bridgehead atoms. The number of hydrogen-bond donors (Lipinski definition) is 2. The van der Waals surface area contributed by atoms with Crippen LogP contribution in [0.3, 0.4) is 0 Å². The number of phenolic OH excluding ortho intramolecular Hbond substituents is 1. The van der Waals surface area contributed by atoms with Gasteiger partial charge >= 0.3 is 0 Å². The largest absolute Gasteiger partial charge is 0.508 e. The molecule has 2 aromatic rings. The van der Waals surface area contributed by atoms with Crippen LogP contribution in [0.2, 0.25) is 5.02 Å². The molecule has 0 amide bonds. The SMILES string of the molecule is N#Cc1ccnc(N2CC(O)(c3ccc(O)cc3Cl)C2)c1. The number of nitriles is 1. The molecule has 0 radical (unpaired) electrons. The van der Waals surface area contributed by atoms with Crippen LogP contribution in [-0.4, -0.2) is 28.3 Å². The lowest BCUT2D eigenvalue weighted by atomic mass is 9.86. The predicted molar refractivity (Wildman–Crippen MR) is 78.2 cm³/mol. The standard InChI is InChI=1S/C15H12ClN3O2/c16-13-6-11(20)1-2-12(13)15(21)8-19(9-15)14-5-10(7-17)3-4-18-14/h1-6,20-21H,8-9H2. The molecule has 0 atom stereocenters. The lowest BCUT2D eigenvalue weighted by Crippen LogP contribution is -2.60. The zero-order chi connectivity index (χ0) is 15.0. The molecular weight excluding hydrogens is 290 g/mol. The van der Waals surface area contributed by atoms with Crippen LogP contribution >= 0.6 is 11.6 Å². The number of phenols is 1. The first-order valence-corrected chi connectivity index (χ1v) is 6.72. The van der Waals surface area contributed by atoms with Crippen LogP contribution in [-0.2, 0) is 5.60 Å². The van der Waals surface area contributed by atoms with E-state index in [1.165, 1.54) is 12.1 Å². The summed E-state index contributed by atoms with van der Waals surface area (Å²) in [5.74, 6) is 0.709. The first kappa shape index (κ1) is 13.7. The van der Waals surface area contributed by atoms with Crippen molar-refractivity contribution in [2.24, 2.45) is 0 Å². The monoisotopic (exact) mass is 301 g/mol. The number of nitrogens with zero attached hydrogens (tertiary/aromatic N) is 3. The van der Waals surface area contributed by atoms with Crippen molar-refractivity contribution in [2.45, 2.75) is 5.60 Å². The van der Waals surface area contributed by atoms with Crippen molar-refractivity contribution < 1.29 is 10.2 Å². The second-order valence-corrected chi connectivity index (χ2v) is 5.47. The van der Waals surface area contributed by atoms with E-state index in [9.17, 15) is 10.2 Å². The lowest BCUT2D eigenvalue weighted by Gasteiger charge is -2.47. The van der Waals surface area contributed by atoms with Gasteiger partial charge in [0.25, 0.3) is 0 Å². The third kappa shape index (κ3) is 2.40. The summed E-state index contributed by atoms with van der Waals surface area (Å²) in [6.45, 7) is 0.665. The Morgan fingerprint density at radius 3 is 2.71 bits per heavy atom. The Hall–Kier alpha value is -2.29. The molecule has 1 aliphatic rings. The Labute approximate surface area is 126 Å². The van der Waals surface area contributed by atoms with Crippen LogP contribution in [0.4, 0.5) is 5.82 Å². The van der Waals surface area contributed by atoms with Gasteiger partial charge in [0.2, 0.25) is 0 Å². The van der Waals surface area contributed by atoms with Gasteiger partial charge in [0.1, 0.15) is 17.2 Å². The van der Waals surface area contributed by atoms with E-state index in [1.807, 2.05) is 4.90 Å². The summed E-state index contributed by atoms with van der Waals surface area (Å²) in [6.07, 6.45) is 1.57. The molecule has 1 aromatic carbocycles. The highest BCUT2D eigenvalue weighted by molar-refractivity contribution is 6.31. The summed E-state index contributed by atoms with van der Waals surface area (Å²) in [6, 6.07) is 9.89. The smallest absolute Gasteiger partial charge is 0.130 e. The van der Waals surface area contributed by atoms with E-state index in [2.05, 4.69) is 11.1 Å². The third-order valence-electron chi connectivity index (χ3n) is 3.56. The molecule has 6 heteroatoms. The topological polar surface area (TPSA) is 80.4 Å². The minimum absolute atomic E-state index is 0.0620. The van der Waals surface area contributed by atoms with Gasteiger partial charge in [-0.3, -0.25) is 0 Å². The van der Waals surface area contributed by atoms with E-state index in [1.54, 1.807) is 24.4 Å². The van der Waals surface area contributed by atoms with E-state index >= 15 is 0 Å². The van der Waals surface area contributed by atoms with Gasteiger partial charge in [-0.1, -0.05) is 17.7 Å². The van der Waals surface area contributed by atoms with Crippen molar-refractivity contribution in [3.63, 3.8) is 0 Å². The molecule has 0 aliphatic carbocycles. The fourth-order valence-electron chi connectivity index (χ4n) is 2.46. The van der Waals surface area contributed by atoms with E-state index < -0.39 is 5.60 Å². The highest BCUT2D eigenvalue weighted by Crippen LogP contribution is 2.39. The summed E-state index contributed by atoms with van der Waals surface area (Å²) in [5.41, 5.74) is 0.0301. The Bertz CT molecular complexity index is 736. The molecule has 1 aromatic heterocycles. The van der Waals surface area contributed by atoms with Gasteiger partial charge in [-0.05, 0) is 24.3 Å². The van der Waals surface area contributed by atoms with Gasteiger partial charge in [0.05, 0.1) is 29.7 Å². The van der Waals surface area contributed by atoms with Crippen molar-refractivity contribution in [1.29, 1.82) is 5.26 Å². The average Bonchev–Trinajstić information content (AvgIpc) is 2.44. The maximum absolute atomic E-state index is 10.6. The molecule has 21 heavy (non-hydrogen) atoms. The number of hydrogen-bond acceptors (Lipinski definition) is 5. The zero-order valence-electron chi connectivity index (χ0n) is 11.0. The molecule has 1 fully saturated rings. The van der Waals surface area contributed by atoms with Crippen molar-refractivity contribution in [3.8, 4) is 11.8 Å². The minimum Gasteiger partial charge on any atom is -0.508 e. The summed E-state index contributed by atoms with van der Waals surface area (Å²) in [4.78, 5) is 6.06. The molecule has 0 spiro atoms. The van der Waals surface area contributed by atoms with E-state index in [-0.39, 0.29) is 5.75 Å². The van der Waals surface area contributed by atoms with Gasteiger partial charge in [-0.15, -0.1) is 0 Å². The van der Waals surface area contributed by atoms with Gasteiger partial charge in [-0.2, -0.15) is 5.26 Å². The Balaban J connectivity index is 1.81. The quantitative estimate of drug-likeness (QED) is 0.887. The molecule has 3 rings (SSSR count). The predicted octanol–water partition coefficient (Wildman–Crippen LogP) is 2.02. The van der Waals surface area contributed by atoms with Gasteiger partial charge in [0.15, 0.2) is 0 Å². The van der Waals surface area contributed by atoms with Crippen LogP contribution in [0.1, 0.15) is 11.1 Å². The van der Waals surface area contributed by atoms with Crippen molar-refractivity contribution in [3.05, 3.63) is 52.7 Å². The summed E-state index contributed by atoms with van der Waals surface area (Å²) in [7, 11) is 0. The first-order chi connectivity index (χ1) is 10.0. The van der Waals surface area contributed by atoms with Gasteiger partial charge in [0, 0.05) is 11.8 Å². The van der Waals surface area contributed by atoms with Crippen LogP contribution in [0.5, 0.6) is 5.75 Å². The number of halogens is 1. The zero-order valence-corrected chi connectivity index (χ0v) is 11.7. The van der Waals surface area contributed by atoms with Gasteiger partial charge < -0.3 is 15.1 Å². The van der Waals surface area contributed by atoms with Crippen LogP contribution in [0.15, 0.2) is 36.5 Å². The van der Waals surface area contributed by atoms with Crippen molar-refractivity contribution in [2.75, 3.05) is 18.0 Å². The normalized spacial score (nSPS) is 16.1. The highest BCUT2D eigenvalue weighted by Gasteiger charge is 2.44. The second kappa shape index (κ2) is 4.92. The third-order valence-corrected chi connectivity index (χ3v) is 3.87.